The van der Waals surface area contributed by atoms with E-state index in [2.05, 4.69) is 10.5 Å². The number of benzene rings is 1. The van der Waals surface area contributed by atoms with Gasteiger partial charge in [0.25, 0.3) is 5.91 Å². The van der Waals surface area contributed by atoms with E-state index in [0.29, 0.717) is 21.9 Å². The van der Waals surface area contributed by atoms with Gasteiger partial charge < -0.3 is 19.7 Å². The van der Waals surface area contributed by atoms with Crippen LogP contribution in [-0.4, -0.2) is 28.7 Å². The number of anilines is 1. The summed E-state index contributed by atoms with van der Waals surface area (Å²) in [5, 5.41) is 16.5. The molecule has 1 aliphatic carbocycles. The summed E-state index contributed by atoms with van der Waals surface area (Å²) < 4.78 is 10.5. The highest BCUT2D eigenvalue weighted by atomic mass is 32.1. The molecule has 0 radical (unpaired) electrons. The maximum absolute atomic E-state index is 12.7. The largest absolute Gasteiger partial charge is 0.508 e. The number of fused-ring (bicyclic) bond motifs is 1. The summed E-state index contributed by atoms with van der Waals surface area (Å²) in [5.41, 5.74) is 2.24. The van der Waals surface area contributed by atoms with Crippen LogP contribution in [0.5, 0.6) is 5.75 Å². The van der Waals surface area contributed by atoms with E-state index in [0.717, 1.165) is 36.1 Å². The van der Waals surface area contributed by atoms with E-state index in [-0.39, 0.29) is 18.1 Å². The molecule has 0 saturated heterocycles. The summed E-state index contributed by atoms with van der Waals surface area (Å²) in [4.78, 5) is 26.4. The predicted octanol–water partition coefficient (Wildman–Crippen LogP) is 4.42. The summed E-state index contributed by atoms with van der Waals surface area (Å²) in [6.45, 7) is 2.03. The van der Waals surface area contributed by atoms with Crippen molar-refractivity contribution in [1.82, 2.24) is 5.16 Å². The lowest BCUT2D eigenvalue weighted by atomic mass is 9.95. The van der Waals surface area contributed by atoms with E-state index in [9.17, 15) is 14.7 Å². The molecule has 0 atom stereocenters. The Morgan fingerprint density at radius 1 is 1.24 bits per heavy atom. The van der Waals surface area contributed by atoms with Gasteiger partial charge in [0, 0.05) is 16.5 Å². The van der Waals surface area contributed by atoms with Crippen LogP contribution in [0.4, 0.5) is 5.00 Å². The summed E-state index contributed by atoms with van der Waals surface area (Å²) in [5.74, 6) is -0.319. The van der Waals surface area contributed by atoms with Crippen molar-refractivity contribution in [2.24, 2.45) is 0 Å². The Labute approximate surface area is 171 Å². The van der Waals surface area contributed by atoms with Crippen LogP contribution in [0, 0.1) is 0 Å². The predicted molar refractivity (Wildman–Crippen MR) is 108 cm³/mol. The van der Waals surface area contributed by atoms with Crippen molar-refractivity contribution in [2.45, 2.75) is 32.6 Å². The van der Waals surface area contributed by atoms with Gasteiger partial charge >= 0.3 is 5.97 Å². The van der Waals surface area contributed by atoms with E-state index >= 15 is 0 Å². The van der Waals surface area contributed by atoms with Crippen LogP contribution in [0.3, 0.4) is 0 Å². The number of carbonyl (C=O) groups excluding carboxylic acids is 2. The minimum atomic E-state index is -0.456. The first kappa shape index (κ1) is 19.2. The number of nitrogens with one attached hydrogen (secondary N) is 1. The SMILES string of the molecule is CCOC(=O)c1c(NC(=O)c2cc(-c3ccc(O)cc3)on2)sc2c1CCCC2. The molecule has 0 spiro atoms. The van der Waals surface area contributed by atoms with Crippen molar-refractivity contribution in [3.05, 3.63) is 52.0 Å². The van der Waals surface area contributed by atoms with Gasteiger partial charge in [-0.2, -0.15) is 0 Å². The van der Waals surface area contributed by atoms with Gasteiger partial charge in [0.2, 0.25) is 0 Å². The average molecular weight is 412 g/mol. The number of phenolic OH excluding ortho intramolecular Hbond substituents is 1. The van der Waals surface area contributed by atoms with E-state index in [1.807, 2.05) is 0 Å². The number of aromatic hydroxyl groups is 1. The van der Waals surface area contributed by atoms with Crippen molar-refractivity contribution in [1.29, 1.82) is 0 Å². The standard InChI is InChI=1S/C21H20N2O5S/c1-2-27-21(26)18-14-5-3-4-6-17(14)29-20(18)22-19(25)15-11-16(28-23-15)12-7-9-13(24)10-8-12/h7-11,24H,2-6H2,1H3,(H,22,25). The average Bonchev–Trinajstić information content (AvgIpc) is 3.33. The minimum absolute atomic E-state index is 0.106. The topological polar surface area (TPSA) is 102 Å². The molecule has 2 N–H and O–H groups in total. The molecule has 0 fully saturated rings. The molecule has 8 heteroatoms. The summed E-state index contributed by atoms with van der Waals surface area (Å²) in [7, 11) is 0. The van der Waals surface area contributed by atoms with Gasteiger partial charge in [-0.25, -0.2) is 4.79 Å². The highest BCUT2D eigenvalue weighted by Gasteiger charge is 2.28. The molecule has 4 rings (SSSR count). The number of hydrogen-bond donors (Lipinski definition) is 2. The highest BCUT2D eigenvalue weighted by molar-refractivity contribution is 7.17. The second-order valence-corrected chi connectivity index (χ2v) is 7.82. The van der Waals surface area contributed by atoms with Gasteiger partial charge in [-0.1, -0.05) is 5.16 Å². The first-order chi connectivity index (χ1) is 14.1. The minimum Gasteiger partial charge on any atom is -0.508 e. The number of phenols is 1. The smallest absolute Gasteiger partial charge is 0.341 e. The fourth-order valence-electron chi connectivity index (χ4n) is 3.38. The summed E-state index contributed by atoms with van der Waals surface area (Å²) in [6.07, 6.45) is 3.80. The number of esters is 1. The molecule has 1 aromatic carbocycles. The van der Waals surface area contributed by atoms with E-state index in [1.54, 1.807) is 19.1 Å². The van der Waals surface area contributed by atoms with Crippen LogP contribution in [0.25, 0.3) is 11.3 Å². The Kier molecular flexibility index (Phi) is 5.35. The zero-order chi connectivity index (χ0) is 20.4. The molecule has 0 unspecified atom stereocenters. The van der Waals surface area contributed by atoms with Gasteiger partial charge in [-0.15, -0.1) is 11.3 Å². The monoisotopic (exact) mass is 412 g/mol. The maximum Gasteiger partial charge on any atom is 0.341 e. The van der Waals surface area contributed by atoms with Crippen LogP contribution >= 0.6 is 11.3 Å². The fourth-order valence-corrected chi connectivity index (χ4v) is 4.66. The van der Waals surface area contributed by atoms with E-state index in [4.69, 9.17) is 9.26 Å². The molecule has 0 aliphatic heterocycles. The number of carbonyl (C=O) groups is 2. The Hall–Kier alpha value is -3.13. The molecule has 0 saturated carbocycles. The zero-order valence-corrected chi connectivity index (χ0v) is 16.7. The third-order valence-corrected chi connectivity index (χ3v) is 5.98. The van der Waals surface area contributed by atoms with Gasteiger partial charge in [0.1, 0.15) is 10.8 Å². The number of aryl methyl sites for hydroxylation is 1. The first-order valence-corrected chi connectivity index (χ1v) is 10.3. The molecular weight excluding hydrogens is 392 g/mol. The summed E-state index contributed by atoms with van der Waals surface area (Å²) >= 11 is 1.42. The quantitative estimate of drug-likeness (QED) is 0.602. The highest BCUT2D eigenvalue weighted by Crippen LogP contribution is 2.39. The molecule has 29 heavy (non-hydrogen) atoms. The molecule has 1 aliphatic rings. The second kappa shape index (κ2) is 8.08. The number of hydrogen-bond acceptors (Lipinski definition) is 7. The zero-order valence-electron chi connectivity index (χ0n) is 15.9. The third kappa shape index (κ3) is 3.88. The molecule has 150 valence electrons. The van der Waals surface area contributed by atoms with Gasteiger partial charge in [0.05, 0.1) is 12.2 Å². The third-order valence-electron chi connectivity index (χ3n) is 4.77. The van der Waals surface area contributed by atoms with Crippen molar-refractivity contribution in [3.8, 4) is 17.1 Å². The number of nitrogens with zero attached hydrogens (tertiary/aromatic N) is 1. The Bertz CT molecular complexity index is 1050. The first-order valence-electron chi connectivity index (χ1n) is 9.46. The van der Waals surface area contributed by atoms with Crippen molar-refractivity contribution >= 4 is 28.2 Å². The normalized spacial score (nSPS) is 13.0. The molecule has 7 nitrogen and oxygen atoms in total. The van der Waals surface area contributed by atoms with Crippen molar-refractivity contribution in [2.75, 3.05) is 11.9 Å². The van der Waals surface area contributed by atoms with E-state index in [1.165, 1.54) is 29.5 Å². The summed E-state index contributed by atoms with van der Waals surface area (Å²) in [6, 6.07) is 7.92. The Balaban J connectivity index is 1.59. The number of ether oxygens (including phenoxy) is 1. The lowest BCUT2D eigenvalue weighted by Crippen LogP contribution is -2.16. The molecule has 3 aromatic rings. The van der Waals surface area contributed by atoms with Gasteiger partial charge in [0.15, 0.2) is 11.5 Å². The van der Waals surface area contributed by atoms with Crippen LogP contribution in [-0.2, 0) is 17.6 Å². The fraction of sp³-hybridized carbons (Fsp3) is 0.286. The Morgan fingerprint density at radius 3 is 2.76 bits per heavy atom. The number of aromatic nitrogens is 1. The number of amides is 1. The molecule has 2 heterocycles. The number of rotatable bonds is 5. The van der Waals surface area contributed by atoms with Crippen molar-refractivity contribution in [3.63, 3.8) is 0 Å². The molecule has 2 aromatic heterocycles. The second-order valence-electron chi connectivity index (χ2n) is 6.71. The Morgan fingerprint density at radius 2 is 2.00 bits per heavy atom. The van der Waals surface area contributed by atoms with Gasteiger partial charge in [-0.3, -0.25) is 4.79 Å². The lowest BCUT2D eigenvalue weighted by Gasteiger charge is -2.12. The maximum atomic E-state index is 12.7. The molecular formula is C21H20N2O5S. The van der Waals surface area contributed by atoms with Crippen LogP contribution < -0.4 is 5.32 Å². The molecule has 1 amide bonds. The number of thiophene rings is 1. The van der Waals surface area contributed by atoms with Crippen molar-refractivity contribution < 1.29 is 24.0 Å². The van der Waals surface area contributed by atoms with E-state index < -0.39 is 11.9 Å². The van der Waals surface area contributed by atoms with Crippen LogP contribution in [0.2, 0.25) is 0 Å². The molecule has 0 bridgehead atoms. The van der Waals surface area contributed by atoms with Gasteiger partial charge in [-0.05, 0) is 62.4 Å². The lowest BCUT2D eigenvalue weighted by molar-refractivity contribution is 0.0526. The van der Waals surface area contributed by atoms with Crippen LogP contribution in [0.15, 0.2) is 34.9 Å². The van der Waals surface area contributed by atoms with Crippen LogP contribution in [0.1, 0.15) is 51.1 Å².